The molecule has 6 nitrogen and oxygen atoms in total. The minimum Gasteiger partial charge on any atom is -0.508 e. The van der Waals surface area contributed by atoms with Gasteiger partial charge < -0.3 is 15.7 Å². The summed E-state index contributed by atoms with van der Waals surface area (Å²) in [6.45, 7) is 17.7. The number of benzene rings is 5. The van der Waals surface area contributed by atoms with Crippen molar-refractivity contribution in [3.63, 3.8) is 0 Å². The lowest BCUT2D eigenvalue weighted by atomic mass is 10.1. The Kier molecular flexibility index (Phi) is 17.4. The van der Waals surface area contributed by atoms with Gasteiger partial charge in [-0.2, -0.15) is 0 Å². The number of phenols is 1. The number of fused-ring (bicyclic) bond motifs is 2. The lowest BCUT2D eigenvalue weighted by molar-refractivity contribution is 0.102. The quantitative estimate of drug-likeness (QED) is 0.148. The molecule has 1 amide bonds. The van der Waals surface area contributed by atoms with E-state index in [-0.39, 0.29) is 11.7 Å². The van der Waals surface area contributed by atoms with Crippen LogP contribution >= 0.6 is 22.7 Å². The SMILES string of the molecule is C=CC.CC.CCC.CCc1cc(-c2nc3ccccc3s2)ccc1NC.Cc1ccc(C(=O)Nc2ccc(-c3nc4ccc(O)cc4s3)cc2)cc1. The summed E-state index contributed by atoms with van der Waals surface area (Å²) in [4.78, 5) is 21.6. The van der Waals surface area contributed by atoms with Crippen LogP contribution in [0.15, 0.2) is 122 Å². The average Bonchev–Trinajstić information content (AvgIpc) is 3.81. The molecule has 0 unspecified atom stereocenters. The second-order valence-electron chi connectivity index (χ2n) is 11.6. The predicted molar refractivity (Wildman–Crippen MR) is 233 cm³/mol. The van der Waals surface area contributed by atoms with E-state index in [1.807, 2.05) is 89.3 Å². The number of carbonyl (C=O) groups is 1. The van der Waals surface area contributed by atoms with Crippen LogP contribution in [-0.4, -0.2) is 28.0 Å². The molecular formula is C45H52N4O2S2. The number of para-hydroxylation sites is 1. The number of thiazole rings is 2. The fourth-order valence-electron chi connectivity index (χ4n) is 4.90. The van der Waals surface area contributed by atoms with E-state index < -0.39 is 0 Å². The molecule has 3 N–H and O–H groups in total. The average molecular weight is 745 g/mol. The highest BCUT2D eigenvalue weighted by Crippen LogP contribution is 2.33. The van der Waals surface area contributed by atoms with Crippen LogP contribution < -0.4 is 10.6 Å². The molecule has 0 saturated heterocycles. The first kappa shape index (κ1) is 42.1. The molecule has 0 aliphatic heterocycles. The minimum absolute atomic E-state index is 0.131. The summed E-state index contributed by atoms with van der Waals surface area (Å²) in [5, 5.41) is 17.7. The van der Waals surface area contributed by atoms with Gasteiger partial charge in [-0.15, -0.1) is 29.3 Å². The maximum absolute atomic E-state index is 12.3. The number of hydrogen-bond acceptors (Lipinski definition) is 7. The molecule has 7 rings (SSSR count). The van der Waals surface area contributed by atoms with Gasteiger partial charge in [-0.3, -0.25) is 4.79 Å². The number of aromatic nitrogens is 2. The summed E-state index contributed by atoms with van der Waals surface area (Å²) in [6.07, 6.45) is 4.02. The molecule has 0 fully saturated rings. The van der Waals surface area contributed by atoms with Gasteiger partial charge in [0, 0.05) is 35.1 Å². The van der Waals surface area contributed by atoms with Crippen molar-refractivity contribution in [2.75, 3.05) is 17.7 Å². The van der Waals surface area contributed by atoms with Crippen LogP contribution in [0.25, 0.3) is 41.6 Å². The Bertz CT molecular complexity index is 2140. The Morgan fingerprint density at radius 1 is 0.774 bits per heavy atom. The van der Waals surface area contributed by atoms with Crippen molar-refractivity contribution in [1.29, 1.82) is 0 Å². The van der Waals surface area contributed by atoms with Gasteiger partial charge in [-0.1, -0.05) is 76.9 Å². The molecule has 0 aliphatic carbocycles. The third-order valence-electron chi connectivity index (χ3n) is 7.37. The van der Waals surface area contributed by atoms with Gasteiger partial charge in [-0.25, -0.2) is 9.97 Å². The van der Waals surface area contributed by atoms with Gasteiger partial charge in [0.25, 0.3) is 5.91 Å². The van der Waals surface area contributed by atoms with Gasteiger partial charge in [-0.05, 0) is 111 Å². The summed E-state index contributed by atoms with van der Waals surface area (Å²) in [5.41, 5.74) is 9.14. The first-order chi connectivity index (χ1) is 25.7. The van der Waals surface area contributed by atoms with E-state index in [1.54, 1.807) is 35.6 Å². The lowest BCUT2D eigenvalue weighted by Gasteiger charge is -2.08. The van der Waals surface area contributed by atoms with Crippen LogP contribution in [0, 0.1) is 6.92 Å². The van der Waals surface area contributed by atoms with Crippen molar-refractivity contribution in [3.05, 3.63) is 139 Å². The van der Waals surface area contributed by atoms with Crippen molar-refractivity contribution >= 4 is 60.4 Å². The van der Waals surface area contributed by atoms with Crippen molar-refractivity contribution in [2.45, 2.75) is 61.3 Å². The van der Waals surface area contributed by atoms with Crippen LogP contribution in [0.1, 0.15) is 69.4 Å². The first-order valence-corrected chi connectivity index (χ1v) is 19.7. The standard InChI is InChI=1S/C21H16N2O2S.C16H16N2S.C3H8.C3H6.C2H6/c1-13-2-4-14(5-3-13)20(25)22-16-8-6-15(7-9-16)21-23-18-11-10-17(24)12-19(18)26-21;1-3-11-10-12(8-9-13(11)17-2)16-18-14-6-4-5-7-15(14)19-16;2*1-3-2;1-2/h2-12,24H,1H3,(H,22,25);4-10,17H,3H2,1-2H3;3H2,1-2H3;3H,1H2,2H3;1-2H3. The Labute approximate surface area is 323 Å². The van der Waals surface area contributed by atoms with Crippen molar-refractivity contribution in [3.8, 4) is 26.9 Å². The fourth-order valence-corrected chi connectivity index (χ4v) is 6.87. The van der Waals surface area contributed by atoms with E-state index in [1.165, 1.54) is 39.3 Å². The summed E-state index contributed by atoms with van der Waals surface area (Å²) in [6, 6.07) is 35.0. The molecule has 2 aromatic heterocycles. The summed E-state index contributed by atoms with van der Waals surface area (Å²) in [7, 11) is 1.96. The molecule has 276 valence electrons. The molecule has 5 aromatic carbocycles. The van der Waals surface area contributed by atoms with Crippen molar-refractivity contribution in [2.24, 2.45) is 0 Å². The van der Waals surface area contributed by atoms with Gasteiger partial charge >= 0.3 is 0 Å². The molecule has 53 heavy (non-hydrogen) atoms. The molecule has 2 heterocycles. The normalized spacial score (nSPS) is 9.89. The van der Waals surface area contributed by atoms with E-state index >= 15 is 0 Å². The van der Waals surface area contributed by atoms with Crippen LogP contribution in [-0.2, 0) is 6.42 Å². The number of rotatable bonds is 6. The number of carbonyl (C=O) groups excluding carboxylic acids is 1. The summed E-state index contributed by atoms with van der Waals surface area (Å²) in [5.74, 6) is 0.107. The monoisotopic (exact) mass is 744 g/mol. The zero-order valence-corrected chi connectivity index (χ0v) is 33.8. The number of phenolic OH excluding ortho intramolecular Hbond substituents is 1. The topological polar surface area (TPSA) is 87.1 Å². The van der Waals surface area contributed by atoms with Gasteiger partial charge in [0.15, 0.2) is 0 Å². The van der Waals surface area contributed by atoms with Crippen molar-refractivity contribution < 1.29 is 9.90 Å². The Balaban J connectivity index is 0.000000246. The number of aromatic hydroxyl groups is 1. The largest absolute Gasteiger partial charge is 0.508 e. The number of amides is 1. The second-order valence-corrected chi connectivity index (χ2v) is 13.7. The van der Waals surface area contributed by atoms with E-state index in [2.05, 4.69) is 79.4 Å². The highest BCUT2D eigenvalue weighted by molar-refractivity contribution is 7.22. The van der Waals surface area contributed by atoms with Gasteiger partial charge in [0.2, 0.25) is 0 Å². The van der Waals surface area contributed by atoms with E-state index in [4.69, 9.17) is 4.98 Å². The fraction of sp³-hybridized carbons (Fsp3) is 0.222. The first-order valence-electron chi connectivity index (χ1n) is 18.0. The molecule has 0 atom stereocenters. The van der Waals surface area contributed by atoms with Crippen LogP contribution in [0.2, 0.25) is 0 Å². The predicted octanol–water partition coefficient (Wildman–Crippen LogP) is 13.4. The summed E-state index contributed by atoms with van der Waals surface area (Å²) >= 11 is 3.28. The Morgan fingerprint density at radius 2 is 1.34 bits per heavy atom. The zero-order chi connectivity index (χ0) is 38.8. The molecule has 8 heteroatoms. The Hall–Kier alpha value is -5.31. The second kappa shape index (κ2) is 21.9. The van der Waals surface area contributed by atoms with E-state index in [0.29, 0.717) is 5.56 Å². The maximum Gasteiger partial charge on any atom is 0.255 e. The number of nitrogens with one attached hydrogen (secondary N) is 2. The lowest BCUT2D eigenvalue weighted by Crippen LogP contribution is -2.11. The van der Waals surface area contributed by atoms with E-state index in [0.717, 1.165) is 49.0 Å². The zero-order valence-electron chi connectivity index (χ0n) is 32.2. The Morgan fingerprint density at radius 3 is 1.94 bits per heavy atom. The number of nitrogens with zero attached hydrogens (tertiary/aromatic N) is 2. The molecule has 0 bridgehead atoms. The number of allylic oxidation sites excluding steroid dienone is 1. The maximum atomic E-state index is 12.3. The molecule has 0 spiro atoms. The molecule has 0 radical (unpaired) electrons. The third kappa shape index (κ3) is 12.1. The van der Waals surface area contributed by atoms with Crippen LogP contribution in [0.5, 0.6) is 5.75 Å². The minimum atomic E-state index is -0.131. The highest BCUT2D eigenvalue weighted by atomic mass is 32.1. The third-order valence-corrected chi connectivity index (χ3v) is 9.52. The van der Waals surface area contributed by atoms with Crippen LogP contribution in [0.4, 0.5) is 11.4 Å². The van der Waals surface area contributed by atoms with Crippen LogP contribution in [0.3, 0.4) is 0 Å². The van der Waals surface area contributed by atoms with Crippen molar-refractivity contribution in [1.82, 2.24) is 9.97 Å². The molecular weight excluding hydrogens is 693 g/mol. The summed E-state index contributed by atoms with van der Waals surface area (Å²) < 4.78 is 2.19. The highest BCUT2D eigenvalue weighted by Gasteiger charge is 2.10. The van der Waals surface area contributed by atoms with E-state index in [9.17, 15) is 9.90 Å². The molecule has 0 saturated carbocycles. The number of anilines is 2. The molecule has 0 aliphatic rings. The smallest absolute Gasteiger partial charge is 0.255 e. The number of hydrogen-bond donors (Lipinski definition) is 3. The number of aryl methyl sites for hydroxylation is 2. The molecule has 7 aromatic rings. The van der Waals surface area contributed by atoms with Gasteiger partial charge in [0.1, 0.15) is 15.8 Å². The van der Waals surface area contributed by atoms with Gasteiger partial charge in [0.05, 0.1) is 20.4 Å².